The fourth-order valence-corrected chi connectivity index (χ4v) is 0.388. The van der Waals surface area contributed by atoms with Crippen LogP contribution in [-0.2, 0) is 0 Å². The molecule has 0 atom stereocenters. The number of anilines is 2. The molecule has 3 heteroatoms. The summed E-state index contributed by atoms with van der Waals surface area (Å²) in [5.41, 5.74) is 11.8. The molecule has 0 unspecified atom stereocenters. The van der Waals surface area contributed by atoms with Crippen LogP contribution in [0.25, 0.3) is 0 Å². The van der Waals surface area contributed by atoms with Crippen molar-refractivity contribution in [2.75, 3.05) is 11.5 Å². The molecule has 0 spiro atoms. The lowest BCUT2D eigenvalue weighted by molar-refractivity contribution is 1.42. The molecule has 0 aliphatic heterocycles. The van der Waals surface area contributed by atoms with Gasteiger partial charge in [0.2, 0.25) is 0 Å². The lowest BCUT2D eigenvalue weighted by Crippen LogP contribution is -1.87. The van der Waals surface area contributed by atoms with Gasteiger partial charge in [-0.25, -0.2) is 0 Å². The SMILES string of the molecule is Nc1c[nH]cc1N. The molecule has 0 saturated carbocycles. The molecule has 7 heavy (non-hydrogen) atoms. The predicted octanol–water partition coefficient (Wildman–Crippen LogP) is 0.179. The van der Waals surface area contributed by atoms with Crippen molar-refractivity contribution < 1.29 is 0 Å². The molecular formula is C4H7N3. The summed E-state index contributed by atoms with van der Waals surface area (Å²) >= 11 is 0. The van der Waals surface area contributed by atoms with Crippen LogP contribution in [0.15, 0.2) is 12.4 Å². The average Bonchev–Trinajstić information content (AvgIpc) is 1.91. The van der Waals surface area contributed by atoms with Gasteiger partial charge in [0, 0.05) is 12.4 Å². The third-order valence-electron chi connectivity index (χ3n) is 0.811. The summed E-state index contributed by atoms with van der Waals surface area (Å²) in [5.74, 6) is 0. The predicted molar refractivity (Wildman–Crippen MR) is 29.6 cm³/mol. The first-order chi connectivity index (χ1) is 3.30. The van der Waals surface area contributed by atoms with Crippen LogP contribution in [0.2, 0.25) is 0 Å². The van der Waals surface area contributed by atoms with Crippen molar-refractivity contribution in [1.82, 2.24) is 4.98 Å². The minimum absolute atomic E-state index is 0.611. The lowest BCUT2D eigenvalue weighted by atomic mass is 10.5. The molecule has 0 aliphatic rings. The van der Waals surface area contributed by atoms with E-state index >= 15 is 0 Å². The number of nitrogens with two attached hydrogens (primary N) is 2. The van der Waals surface area contributed by atoms with Gasteiger partial charge in [-0.1, -0.05) is 0 Å². The number of nitrogens with one attached hydrogen (secondary N) is 1. The zero-order chi connectivity index (χ0) is 5.28. The van der Waals surface area contributed by atoms with Gasteiger partial charge in [-0.15, -0.1) is 0 Å². The maximum Gasteiger partial charge on any atom is 0.0725 e. The van der Waals surface area contributed by atoms with Gasteiger partial charge in [-0.2, -0.15) is 0 Å². The van der Waals surface area contributed by atoms with Crippen molar-refractivity contribution in [3.05, 3.63) is 12.4 Å². The number of aromatic amines is 1. The second kappa shape index (κ2) is 1.18. The number of hydrogen-bond acceptors (Lipinski definition) is 2. The molecule has 1 rings (SSSR count). The van der Waals surface area contributed by atoms with Crippen molar-refractivity contribution >= 4 is 11.4 Å². The Bertz CT molecular complexity index is 139. The third kappa shape index (κ3) is 0.513. The molecule has 0 aromatic carbocycles. The quantitative estimate of drug-likeness (QED) is 0.432. The van der Waals surface area contributed by atoms with Gasteiger partial charge in [0.25, 0.3) is 0 Å². The van der Waals surface area contributed by atoms with Crippen molar-refractivity contribution in [2.45, 2.75) is 0 Å². The molecule has 0 bridgehead atoms. The first kappa shape index (κ1) is 4.05. The summed E-state index contributed by atoms with van der Waals surface area (Å²) in [6, 6.07) is 0. The van der Waals surface area contributed by atoms with Crippen LogP contribution in [0.5, 0.6) is 0 Å². The molecular weight excluding hydrogens is 90.1 g/mol. The molecule has 0 saturated heterocycles. The third-order valence-corrected chi connectivity index (χ3v) is 0.811. The average molecular weight is 97.1 g/mol. The van der Waals surface area contributed by atoms with Crippen LogP contribution in [-0.4, -0.2) is 4.98 Å². The van der Waals surface area contributed by atoms with Gasteiger partial charge < -0.3 is 16.5 Å². The Kier molecular flexibility index (Phi) is 0.685. The molecule has 5 N–H and O–H groups in total. The Morgan fingerprint density at radius 1 is 1.14 bits per heavy atom. The van der Waals surface area contributed by atoms with Gasteiger partial charge >= 0.3 is 0 Å². The highest BCUT2D eigenvalue weighted by atomic mass is 14.8. The van der Waals surface area contributed by atoms with Crippen molar-refractivity contribution in [1.29, 1.82) is 0 Å². The lowest BCUT2D eigenvalue weighted by Gasteiger charge is -1.81. The zero-order valence-electron chi connectivity index (χ0n) is 3.81. The second-order valence-electron chi connectivity index (χ2n) is 1.37. The van der Waals surface area contributed by atoms with E-state index in [1.165, 1.54) is 0 Å². The van der Waals surface area contributed by atoms with E-state index in [2.05, 4.69) is 4.98 Å². The first-order valence-corrected chi connectivity index (χ1v) is 1.98. The van der Waals surface area contributed by atoms with Crippen molar-refractivity contribution in [2.24, 2.45) is 0 Å². The van der Waals surface area contributed by atoms with E-state index in [1.54, 1.807) is 12.4 Å². The van der Waals surface area contributed by atoms with E-state index in [-0.39, 0.29) is 0 Å². The monoisotopic (exact) mass is 97.1 g/mol. The summed E-state index contributed by atoms with van der Waals surface area (Å²) in [4.78, 5) is 2.75. The summed E-state index contributed by atoms with van der Waals surface area (Å²) in [6.07, 6.45) is 3.30. The standard InChI is InChI=1S/C4H7N3/c5-3-1-7-2-4(3)6/h1-2,7H,5-6H2. The summed E-state index contributed by atoms with van der Waals surface area (Å²) in [5, 5.41) is 0. The van der Waals surface area contributed by atoms with E-state index < -0.39 is 0 Å². The molecule has 1 heterocycles. The van der Waals surface area contributed by atoms with E-state index in [9.17, 15) is 0 Å². The highest BCUT2D eigenvalue weighted by Crippen LogP contribution is 2.09. The Balaban J connectivity index is 3.12. The number of aromatic nitrogens is 1. The molecule has 1 aromatic heterocycles. The van der Waals surface area contributed by atoms with Gasteiger partial charge in [0.1, 0.15) is 0 Å². The minimum Gasteiger partial charge on any atom is -0.396 e. The summed E-state index contributed by atoms with van der Waals surface area (Å²) in [7, 11) is 0. The maximum absolute atomic E-state index is 5.28. The van der Waals surface area contributed by atoms with Crippen molar-refractivity contribution in [3.8, 4) is 0 Å². The number of hydrogen-bond donors (Lipinski definition) is 3. The van der Waals surface area contributed by atoms with Crippen LogP contribution in [0.1, 0.15) is 0 Å². The van der Waals surface area contributed by atoms with Crippen LogP contribution in [0.4, 0.5) is 11.4 Å². The van der Waals surface area contributed by atoms with E-state index in [0.29, 0.717) is 11.4 Å². The summed E-state index contributed by atoms with van der Waals surface area (Å²) < 4.78 is 0. The Hall–Kier alpha value is -1.12. The molecule has 1 aromatic rings. The molecule has 0 fully saturated rings. The molecule has 0 radical (unpaired) electrons. The molecule has 0 aliphatic carbocycles. The Morgan fingerprint density at radius 3 is 1.71 bits per heavy atom. The number of rotatable bonds is 0. The topological polar surface area (TPSA) is 67.8 Å². The van der Waals surface area contributed by atoms with E-state index in [0.717, 1.165) is 0 Å². The van der Waals surface area contributed by atoms with E-state index in [4.69, 9.17) is 11.5 Å². The van der Waals surface area contributed by atoms with Gasteiger partial charge in [0.15, 0.2) is 0 Å². The number of nitrogen functional groups attached to an aromatic ring is 2. The van der Waals surface area contributed by atoms with E-state index in [1.807, 2.05) is 0 Å². The fraction of sp³-hybridized carbons (Fsp3) is 0. The van der Waals surface area contributed by atoms with Gasteiger partial charge in [0.05, 0.1) is 11.4 Å². The molecule has 3 nitrogen and oxygen atoms in total. The highest BCUT2D eigenvalue weighted by Gasteiger charge is 1.87. The van der Waals surface area contributed by atoms with Crippen LogP contribution >= 0.6 is 0 Å². The minimum atomic E-state index is 0.611. The first-order valence-electron chi connectivity index (χ1n) is 1.98. The highest BCUT2D eigenvalue weighted by molar-refractivity contribution is 5.60. The van der Waals surface area contributed by atoms with Gasteiger partial charge in [-0.05, 0) is 0 Å². The number of H-pyrrole nitrogens is 1. The molecule has 38 valence electrons. The normalized spacial score (nSPS) is 9.14. The van der Waals surface area contributed by atoms with Gasteiger partial charge in [-0.3, -0.25) is 0 Å². The largest absolute Gasteiger partial charge is 0.396 e. The van der Waals surface area contributed by atoms with Crippen LogP contribution in [0.3, 0.4) is 0 Å². The zero-order valence-corrected chi connectivity index (χ0v) is 3.81. The van der Waals surface area contributed by atoms with Crippen LogP contribution < -0.4 is 11.5 Å². The van der Waals surface area contributed by atoms with Crippen LogP contribution in [0, 0.1) is 0 Å². The van der Waals surface area contributed by atoms with Crippen molar-refractivity contribution in [3.63, 3.8) is 0 Å². The Labute approximate surface area is 41.3 Å². The molecule has 0 amide bonds. The maximum atomic E-state index is 5.28. The smallest absolute Gasteiger partial charge is 0.0725 e. The summed E-state index contributed by atoms with van der Waals surface area (Å²) in [6.45, 7) is 0. The fourth-order valence-electron chi connectivity index (χ4n) is 0.388. The second-order valence-corrected chi connectivity index (χ2v) is 1.37. The Morgan fingerprint density at radius 2 is 1.57 bits per heavy atom.